The van der Waals surface area contributed by atoms with Gasteiger partial charge in [-0.15, -0.1) is 0 Å². The van der Waals surface area contributed by atoms with E-state index in [1.807, 2.05) is 0 Å². The number of hydrogen-bond donors (Lipinski definition) is 2. The summed E-state index contributed by atoms with van der Waals surface area (Å²) in [4.78, 5) is 0. The Hall–Kier alpha value is 0.491. The zero-order chi connectivity index (χ0) is 16.0. The van der Waals surface area contributed by atoms with Gasteiger partial charge >= 0.3 is 8.56 Å². The second-order valence-corrected chi connectivity index (χ2v) is 20.5. The average molecular weight is 339 g/mol. The Morgan fingerprint density at radius 1 is 0.850 bits per heavy atom. The van der Waals surface area contributed by atoms with Gasteiger partial charge in [-0.2, -0.15) is 0 Å². The molecule has 0 aromatic rings. The molecule has 0 aliphatic carbocycles. The van der Waals surface area contributed by atoms with Crippen LogP contribution in [-0.4, -0.2) is 48.1 Å². The lowest BCUT2D eigenvalue weighted by Crippen LogP contribution is -2.52. The fraction of sp³-hybridized carbons (Fsp3) is 1.00. The number of aliphatic hydroxyl groups excluding tert-OH is 2. The van der Waals surface area contributed by atoms with Gasteiger partial charge in [-0.1, -0.05) is 12.8 Å². The van der Waals surface area contributed by atoms with Crippen LogP contribution in [0.15, 0.2) is 0 Å². The number of aliphatic hydroxyl groups is 2. The van der Waals surface area contributed by atoms with Gasteiger partial charge in [0.05, 0.1) is 12.7 Å². The van der Waals surface area contributed by atoms with Crippen LogP contribution in [0.1, 0.15) is 19.3 Å². The first-order chi connectivity index (χ1) is 8.87. The summed E-state index contributed by atoms with van der Waals surface area (Å²) in [6, 6.07) is 0.972. The van der Waals surface area contributed by atoms with Crippen LogP contribution in [0.5, 0.6) is 0 Å². The van der Waals surface area contributed by atoms with E-state index in [-0.39, 0.29) is 6.61 Å². The topological polar surface area (TPSA) is 58.9 Å². The first-order valence-electron chi connectivity index (χ1n) is 7.56. The Kier molecular flexibility index (Phi) is 8.41. The van der Waals surface area contributed by atoms with E-state index in [4.69, 9.17) is 13.3 Å². The molecule has 0 rings (SSSR count). The minimum Gasteiger partial charge on any atom is -0.437 e. The highest BCUT2D eigenvalue weighted by Gasteiger charge is 2.39. The Bertz CT molecular complexity index is 258. The molecule has 7 heteroatoms. The summed E-state index contributed by atoms with van der Waals surface area (Å²) in [5.41, 5.74) is 0. The Balaban J connectivity index is 4.46. The summed E-state index contributed by atoms with van der Waals surface area (Å²) < 4.78 is 12.8. The molecule has 0 aromatic carbocycles. The van der Waals surface area contributed by atoms with E-state index in [1.165, 1.54) is 0 Å². The third-order valence-corrected chi connectivity index (χ3v) is 12.3. The summed E-state index contributed by atoms with van der Waals surface area (Å²) >= 11 is 0. The second kappa shape index (κ2) is 8.21. The first kappa shape index (κ1) is 20.5. The molecule has 1 atom stereocenters. The van der Waals surface area contributed by atoms with Crippen molar-refractivity contribution in [1.29, 1.82) is 0 Å². The van der Waals surface area contributed by atoms with Crippen molar-refractivity contribution in [2.45, 2.75) is 77.2 Å². The molecule has 0 fully saturated rings. The highest BCUT2D eigenvalue weighted by molar-refractivity contribution is 6.87. The summed E-state index contributed by atoms with van der Waals surface area (Å²) in [6.45, 7) is 15.3. The maximum absolute atomic E-state index is 9.37. The second-order valence-electron chi connectivity index (χ2n) is 7.64. The number of rotatable bonds is 10. The molecule has 2 N–H and O–H groups in total. The van der Waals surface area contributed by atoms with Crippen molar-refractivity contribution in [2.24, 2.45) is 0 Å². The maximum atomic E-state index is 9.37. The fourth-order valence-corrected chi connectivity index (χ4v) is 14.9. The van der Waals surface area contributed by atoms with Gasteiger partial charge in [-0.25, -0.2) is 0 Å². The molecule has 0 aliphatic heterocycles. The van der Waals surface area contributed by atoms with Crippen LogP contribution in [-0.2, 0) is 8.23 Å². The van der Waals surface area contributed by atoms with Crippen LogP contribution in [0.4, 0.5) is 0 Å². The van der Waals surface area contributed by atoms with Crippen molar-refractivity contribution < 1.29 is 18.4 Å². The fourth-order valence-electron chi connectivity index (χ4n) is 2.34. The van der Waals surface area contributed by atoms with Gasteiger partial charge in [0.25, 0.3) is 0 Å². The molecule has 0 spiro atoms. The zero-order valence-corrected chi connectivity index (χ0v) is 17.3. The zero-order valence-electron chi connectivity index (χ0n) is 14.3. The SMILES string of the molecule is C[Si](C)(C)O[Si](C)(CCCCC(O)CO)O[Si](C)(C)C. The first-order valence-corrected chi connectivity index (χ1v) is 16.9. The van der Waals surface area contributed by atoms with Crippen LogP contribution in [0, 0.1) is 0 Å². The van der Waals surface area contributed by atoms with Gasteiger partial charge in [-0.05, 0) is 58.3 Å². The molecule has 1 unspecified atom stereocenters. The van der Waals surface area contributed by atoms with Gasteiger partial charge < -0.3 is 18.4 Å². The molecule has 122 valence electrons. The molecule has 0 aromatic heterocycles. The maximum Gasteiger partial charge on any atom is 0.314 e. The number of unbranched alkanes of at least 4 members (excludes halogenated alkanes) is 1. The summed E-state index contributed by atoms with van der Waals surface area (Å²) in [5, 5.41) is 18.2. The predicted octanol–water partition coefficient (Wildman–Crippen LogP) is 3.28. The number of hydrogen-bond acceptors (Lipinski definition) is 4. The Labute approximate surface area is 128 Å². The Morgan fingerprint density at radius 3 is 1.65 bits per heavy atom. The normalized spacial score (nSPS) is 15.4. The third-order valence-electron chi connectivity index (χ3n) is 2.67. The van der Waals surface area contributed by atoms with E-state index in [1.54, 1.807) is 0 Å². The van der Waals surface area contributed by atoms with Crippen molar-refractivity contribution in [3.63, 3.8) is 0 Å². The van der Waals surface area contributed by atoms with Gasteiger partial charge in [0.1, 0.15) is 0 Å². The quantitative estimate of drug-likeness (QED) is 0.474. The van der Waals surface area contributed by atoms with Crippen molar-refractivity contribution in [3.05, 3.63) is 0 Å². The average Bonchev–Trinajstić information content (AvgIpc) is 2.18. The van der Waals surface area contributed by atoms with Crippen LogP contribution >= 0.6 is 0 Å². The van der Waals surface area contributed by atoms with E-state index in [0.717, 1.165) is 18.9 Å². The van der Waals surface area contributed by atoms with Crippen molar-refractivity contribution in [1.82, 2.24) is 0 Å². The summed E-state index contributed by atoms with van der Waals surface area (Å²) in [7, 11) is -5.35. The predicted molar refractivity (Wildman–Crippen MR) is 92.2 cm³/mol. The van der Waals surface area contributed by atoms with Crippen LogP contribution in [0.25, 0.3) is 0 Å². The summed E-state index contributed by atoms with van der Waals surface area (Å²) in [5.74, 6) is 0. The molecular weight excluding hydrogens is 304 g/mol. The molecule has 20 heavy (non-hydrogen) atoms. The largest absolute Gasteiger partial charge is 0.437 e. The van der Waals surface area contributed by atoms with Gasteiger partial charge in [-0.3, -0.25) is 0 Å². The van der Waals surface area contributed by atoms with Crippen molar-refractivity contribution in [3.8, 4) is 0 Å². The highest BCUT2D eigenvalue weighted by atomic mass is 28.5. The molecule has 0 aliphatic rings. The monoisotopic (exact) mass is 338 g/mol. The summed E-state index contributed by atoms with van der Waals surface area (Å²) in [6.07, 6.45) is 1.98. The molecule has 0 bridgehead atoms. The standard InChI is InChI=1S/C13H34O4Si3/c1-18(2,3)16-20(7,17-19(4,5)6)11-9-8-10-13(15)12-14/h13-15H,8-12H2,1-7H3. The lowest BCUT2D eigenvalue weighted by atomic mass is 10.2. The minimum atomic E-state index is -2.12. The lowest BCUT2D eigenvalue weighted by Gasteiger charge is -2.38. The van der Waals surface area contributed by atoms with Crippen LogP contribution < -0.4 is 0 Å². The van der Waals surface area contributed by atoms with Crippen LogP contribution in [0.2, 0.25) is 51.9 Å². The smallest absolute Gasteiger partial charge is 0.314 e. The molecule has 0 saturated heterocycles. The van der Waals surface area contributed by atoms with E-state index in [9.17, 15) is 5.11 Å². The molecule has 0 saturated carbocycles. The van der Waals surface area contributed by atoms with E-state index < -0.39 is 31.3 Å². The van der Waals surface area contributed by atoms with Crippen molar-refractivity contribution in [2.75, 3.05) is 6.61 Å². The molecule has 4 nitrogen and oxygen atoms in total. The van der Waals surface area contributed by atoms with Crippen LogP contribution in [0.3, 0.4) is 0 Å². The third kappa shape index (κ3) is 11.2. The lowest BCUT2D eigenvalue weighted by molar-refractivity contribution is 0.0863. The molecule has 0 radical (unpaired) electrons. The highest BCUT2D eigenvalue weighted by Crippen LogP contribution is 2.26. The molecule has 0 heterocycles. The van der Waals surface area contributed by atoms with Gasteiger partial charge in [0.2, 0.25) is 0 Å². The molecule has 0 amide bonds. The minimum absolute atomic E-state index is 0.147. The molecular formula is C13H34O4Si3. The van der Waals surface area contributed by atoms with E-state index in [2.05, 4.69) is 45.8 Å². The Morgan fingerprint density at radius 2 is 1.30 bits per heavy atom. The van der Waals surface area contributed by atoms with Crippen molar-refractivity contribution >= 4 is 25.2 Å². The van der Waals surface area contributed by atoms with E-state index in [0.29, 0.717) is 6.42 Å². The van der Waals surface area contributed by atoms with Gasteiger partial charge in [0.15, 0.2) is 16.6 Å². The van der Waals surface area contributed by atoms with Gasteiger partial charge in [0, 0.05) is 0 Å². The van der Waals surface area contributed by atoms with E-state index >= 15 is 0 Å².